The van der Waals surface area contributed by atoms with E-state index in [1.54, 1.807) is 37.3 Å². The molecule has 0 spiro atoms. The van der Waals surface area contributed by atoms with Gasteiger partial charge in [0.15, 0.2) is 5.82 Å². The largest absolute Gasteiger partial charge is 0.382 e. The molecule has 0 saturated carbocycles. The lowest BCUT2D eigenvalue weighted by Crippen LogP contribution is -2.29. The van der Waals surface area contributed by atoms with Gasteiger partial charge < -0.3 is 16.8 Å². The number of halogens is 2. The molecule has 0 amide bonds. The van der Waals surface area contributed by atoms with Crippen molar-refractivity contribution in [1.29, 1.82) is 5.26 Å². The zero-order valence-corrected chi connectivity index (χ0v) is 17.4. The van der Waals surface area contributed by atoms with Crippen LogP contribution in [0.4, 0.5) is 26.4 Å². The first-order chi connectivity index (χ1) is 15.8. The van der Waals surface area contributed by atoms with E-state index < -0.39 is 34.1 Å². The molecule has 0 aliphatic heterocycles. The average Bonchev–Trinajstić information content (AvgIpc) is 2.80. The number of nitriles is 1. The molecule has 0 aliphatic carbocycles. The molecule has 0 fully saturated rings. The van der Waals surface area contributed by atoms with Gasteiger partial charge in [-0.3, -0.25) is 9.36 Å². The van der Waals surface area contributed by atoms with E-state index in [9.17, 15) is 18.8 Å². The third-order valence-corrected chi connectivity index (χ3v) is 5.06. The van der Waals surface area contributed by atoms with E-state index in [0.29, 0.717) is 12.1 Å². The number of anilines is 3. The number of para-hydroxylation sites is 1. The van der Waals surface area contributed by atoms with Crippen LogP contribution in [-0.2, 0) is 0 Å². The van der Waals surface area contributed by atoms with Crippen molar-refractivity contribution in [3.05, 3.63) is 75.8 Å². The van der Waals surface area contributed by atoms with Gasteiger partial charge in [-0.15, -0.1) is 0 Å². The van der Waals surface area contributed by atoms with Gasteiger partial charge in [0.1, 0.15) is 45.8 Å². The van der Waals surface area contributed by atoms with Crippen molar-refractivity contribution in [1.82, 2.24) is 19.5 Å². The summed E-state index contributed by atoms with van der Waals surface area (Å²) in [5.41, 5.74) is 10.6. The number of fused-ring (bicyclic) bond motifs is 1. The van der Waals surface area contributed by atoms with Crippen LogP contribution >= 0.6 is 0 Å². The molecular formula is C22H18F2N8O. The summed E-state index contributed by atoms with van der Waals surface area (Å²) in [6.45, 7) is 1.78. The zero-order valence-electron chi connectivity index (χ0n) is 17.4. The number of rotatable bonds is 5. The second-order valence-electron chi connectivity index (χ2n) is 7.11. The van der Waals surface area contributed by atoms with Crippen molar-refractivity contribution in [2.45, 2.75) is 19.4 Å². The molecule has 2 aromatic heterocycles. The van der Waals surface area contributed by atoms with Crippen molar-refractivity contribution in [3.63, 3.8) is 0 Å². The van der Waals surface area contributed by atoms with Gasteiger partial charge in [0.05, 0.1) is 11.7 Å². The molecule has 1 atom stereocenters. The molecule has 2 aromatic carbocycles. The summed E-state index contributed by atoms with van der Waals surface area (Å²) in [6, 6.07) is 11.4. The van der Waals surface area contributed by atoms with E-state index in [0.717, 1.165) is 12.1 Å². The molecular weight excluding hydrogens is 430 g/mol. The lowest BCUT2D eigenvalue weighted by atomic mass is 10.1. The van der Waals surface area contributed by atoms with Crippen molar-refractivity contribution >= 4 is 28.5 Å². The average molecular weight is 448 g/mol. The topological polar surface area (TPSA) is 149 Å². The summed E-state index contributed by atoms with van der Waals surface area (Å²) in [6.07, 6.45) is 0.330. The Kier molecular flexibility index (Phi) is 5.58. The number of nitrogens with two attached hydrogens (primary N) is 2. The Hall–Kier alpha value is -4.59. The SMILES string of the molecule is CC[C@H](Nc1nc(N)nc(N)c1C#N)c1nc2c(F)ccc(F)c2c(=O)n1-c1ccccc1. The summed E-state index contributed by atoms with van der Waals surface area (Å²) in [5.74, 6) is -1.89. The molecule has 33 heavy (non-hydrogen) atoms. The van der Waals surface area contributed by atoms with Crippen LogP contribution in [0.25, 0.3) is 16.6 Å². The lowest BCUT2D eigenvalue weighted by Gasteiger charge is -2.23. The highest BCUT2D eigenvalue weighted by atomic mass is 19.1. The highest BCUT2D eigenvalue weighted by molar-refractivity contribution is 5.79. The number of hydrogen-bond acceptors (Lipinski definition) is 8. The van der Waals surface area contributed by atoms with E-state index in [2.05, 4.69) is 20.3 Å². The number of aromatic nitrogens is 4. The predicted molar refractivity (Wildman–Crippen MR) is 119 cm³/mol. The minimum atomic E-state index is -0.885. The highest BCUT2D eigenvalue weighted by Gasteiger charge is 2.25. The molecule has 0 bridgehead atoms. The predicted octanol–water partition coefficient (Wildman–Crippen LogP) is 3.05. The van der Waals surface area contributed by atoms with Crippen LogP contribution in [0, 0.1) is 23.0 Å². The summed E-state index contributed by atoms with van der Waals surface area (Å²) in [4.78, 5) is 25.5. The fraction of sp³-hybridized carbons (Fsp3) is 0.136. The van der Waals surface area contributed by atoms with Crippen LogP contribution in [0.2, 0.25) is 0 Å². The number of hydrogen-bond donors (Lipinski definition) is 3. The normalized spacial score (nSPS) is 11.8. The Morgan fingerprint density at radius 1 is 1.09 bits per heavy atom. The molecule has 11 heteroatoms. The quantitative estimate of drug-likeness (QED) is 0.422. The Morgan fingerprint density at radius 3 is 2.45 bits per heavy atom. The standard InChI is InChI=1S/C22H18F2N8O/c1-2-15(28-19-12(10-25)18(26)30-22(27)31-19)20-29-17-14(24)9-8-13(23)16(17)21(33)32(20)11-6-4-3-5-7-11/h3-9,15H,2H2,1H3,(H5,26,27,28,30,31)/t15-/m0/s1. The fourth-order valence-electron chi connectivity index (χ4n) is 3.52. The van der Waals surface area contributed by atoms with Crippen LogP contribution in [0.15, 0.2) is 47.3 Å². The Bertz CT molecular complexity index is 1460. The van der Waals surface area contributed by atoms with Gasteiger partial charge >= 0.3 is 0 Å². The third kappa shape index (κ3) is 3.78. The number of nitrogen functional groups attached to an aromatic ring is 2. The van der Waals surface area contributed by atoms with E-state index in [-0.39, 0.29) is 29.0 Å². The minimum absolute atomic E-state index is 0.0306. The van der Waals surface area contributed by atoms with Crippen molar-refractivity contribution < 1.29 is 8.78 Å². The highest BCUT2D eigenvalue weighted by Crippen LogP contribution is 2.28. The number of benzene rings is 2. The third-order valence-electron chi connectivity index (χ3n) is 5.06. The van der Waals surface area contributed by atoms with Crippen molar-refractivity contribution in [2.24, 2.45) is 0 Å². The fourth-order valence-corrected chi connectivity index (χ4v) is 3.52. The van der Waals surface area contributed by atoms with Gasteiger partial charge in [-0.2, -0.15) is 15.2 Å². The van der Waals surface area contributed by atoms with Gasteiger partial charge in [0, 0.05) is 0 Å². The van der Waals surface area contributed by atoms with Gasteiger partial charge in [-0.25, -0.2) is 13.8 Å². The Balaban J connectivity index is 2.01. The van der Waals surface area contributed by atoms with E-state index in [4.69, 9.17) is 11.5 Å². The maximum Gasteiger partial charge on any atom is 0.269 e. The second kappa shape index (κ2) is 8.51. The molecule has 0 aliphatic rings. The van der Waals surface area contributed by atoms with E-state index in [1.165, 1.54) is 4.57 Å². The first kappa shape index (κ1) is 21.6. The summed E-state index contributed by atoms with van der Waals surface area (Å²) in [7, 11) is 0. The van der Waals surface area contributed by atoms with Crippen LogP contribution in [-0.4, -0.2) is 19.5 Å². The van der Waals surface area contributed by atoms with Gasteiger partial charge in [-0.05, 0) is 30.7 Å². The molecule has 4 aromatic rings. The molecule has 166 valence electrons. The lowest BCUT2D eigenvalue weighted by molar-refractivity contribution is 0.604. The minimum Gasteiger partial charge on any atom is -0.382 e. The van der Waals surface area contributed by atoms with E-state index in [1.807, 2.05) is 6.07 Å². The Labute approximate surface area is 186 Å². The summed E-state index contributed by atoms with van der Waals surface area (Å²) < 4.78 is 30.3. The second-order valence-corrected chi connectivity index (χ2v) is 7.11. The molecule has 0 saturated heterocycles. The van der Waals surface area contributed by atoms with Crippen LogP contribution in [0.1, 0.15) is 30.8 Å². The van der Waals surface area contributed by atoms with Crippen molar-refractivity contribution in [2.75, 3.05) is 16.8 Å². The molecule has 5 N–H and O–H groups in total. The molecule has 2 heterocycles. The molecule has 4 rings (SSSR count). The summed E-state index contributed by atoms with van der Waals surface area (Å²) >= 11 is 0. The number of nitrogens with zero attached hydrogens (tertiary/aromatic N) is 5. The monoisotopic (exact) mass is 448 g/mol. The zero-order chi connectivity index (χ0) is 23.7. The first-order valence-electron chi connectivity index (χ1n) is 9.91. The van der Waals surface area contributed by atoms with E-state index >= 15 is 0 Å². The maximum absolute atomic E-state index is 14.6. The molecule has 9 nitrogen and oxygen atoms in total. The maximum atomic E-state index is 14.6. The van der Waals surface area contributed by atoms with Gasteiger partial charge in [-0.1, -0.05) is 25.1 Å². The molecule has 0 unspecified atom stereocenters. The van der Waals surface area contributed by atoms with Gasteiger partial charge in [0.25, 0.3) is 5.56 Å². The van der Waals surface area contributed by atoms with Gasteiger partial charge in [0.2, 0.25) is 5.95 Å². The molecule has 0 radical (unpaired) electrons. The van der Waals surface area contributed by atoms with Crippen LogP contribution in [0.5, 0.6) is 0 Å². The van der Waals surface area contributed by atoms with Crippen LogP contribution in [0.3, 0.4) is 0 Å². The number of nitrogens with one attached hydrogen (secondary N) is 1. The Morgan fingerprint density at radius 2 is 1.79 bits per heavy atom. The summed E-state index contributed by atoms with van der Waals surface area (Å²) in [5, 5.41) is 12.0. The first-order valence-corrected chi connectivity index (χ1v) is 9.91. The van der Waals surface area contributed by atoms with Crippen molar-refractivity contribution in [3.8, 4) is 11.8 Å². The smallest absolute Gasteiger partial charge is 0.269 e. The van der Waals surface area contributed by atoms with Crippen LogP contribution < -0.4 is 22.3 Å².